The number of nitrogens with two attached hydrogens (primary N) is 2. The Bertz CT molecular complexity index is 324. The van der Waals surface area contributed by atoms with E-state index in [1.165, 1.54) is 12.1 Å². The number of halogens is 2. The molecule has 12 heavy (non-hydrogen) atoms. The van der Waals surface area contributed by atoms with E-state index < -0.39 is 0 Å². The van der Waals surface area contributed by atoms with Crippen LogP contribution in [0.3, 0.4) is 0 Å². The number of amidine groups is 1. The second-order valence-corrected chi connectivity index (χ2v) is 2.91. The molecule has 0 spiro atoms. The molecule has 1 rings (SSSR count). The van der Waals surface area contributed by atoms with E-state index >= 15 is 0 Å². The van der Waals surface area contributed by atoms with Gasteiger partial charge in [-0.3, -0.25) is 0 Å². The van der Waals surface area contributed by atoms with Gasteiger partial charge in [-0.2, -0.15) is 5.10 Å². The Balaban J connectivity index is 3.26. The van der Waals surface area contributed by atoms with Gasteiger partial charge in [-0.25, -0.2) is 4.39 Å². The largest absolute Gasteiger partial charge is 0.382 e. The molecule has 3 nitrogen and oxygen atoms in total. The minimum absolute atomic E-state index is 0.0985. The van der Waals surface area contributed by atoms with Gasteiger partial charge in [-0.1, -0.05) is 6.07 Å². The van der Waals surface area contributed by atoms with Crippen molar-refractivity contribution >= 4 is 21.8 Å². The summed E-state index contributed by atoms with van der Waals surface area (Å²) in [5.74, 6) is 4.65. The number of hydrazone groups is 1. The molecule has 0 unspecified atom stereocenters. The van der Waals surface area contributed by atoms with Crippen LogP contribution < -0.4 is 11.6 Å². The molecule has 0 aliphatic carbocycles. The standard InChI is InChI=1S/C7H7BrFN3/c8-6-4(7(10)12-11)2-1-3-5(6)9/h1-3H,11H2,(H2,10,12). The van der Waals surface area contributed by atoms with Crippen LogP contribution in [0.15, 0.2) is 27.8 Å². The molecule has 0 heterocycles. The van der Waals surface area contributed by atoms with E-state index in [1.807, 2.05) is 0 Å². The molecule has 4 N–H and O–H groups in total. The molecule has 0 fully saturated rings. The van der Waals surface area contributed by atoms with Crippen molar-refractivity contribution in [3.8, 4) is 0 Å². The minimum Gasteiger partial charge on any atom is -0.382 e. The molecule has 0 amide bonds. The van der Waals surface area contributed by atoms with Gasteiger partial charge in [0, 0.05) is 5.56 Å². The first-order valence-corrected chi connectivity index (χ1v) is 3.94. The summed E-state index contributed by atoms with van der Waals surface area (Å²) in [6, 6.07) is 4.48. The van der Waals surface area contributed by atoms with Crippen LogP contribution in [-0.4, -0.2) is 5.84 Å². The third kappa shape index (κ3) is 1.55. The quantitative estimate of drug-likeness (QED) is 0.330. The van der Waals surface area contributed by atoms with Gasteiger partial charge in [0.05, 0.1) is 4.47 Å². The molecule has 0 aromatic heterocycles. The fraction of sp³-hybridized carbons (Fsp3) is 0. The van der Waals surface area contributed by atoms with Crippen molar-refractivity contribution in [1.29, 1.82) is 0 Å². The maximum Gasteiger partial charge on any atom is 0.151 e. The fourth-order valence-electron chi connectivity index (χ4n) is 0.771. The topological polar surface area (TPSA) is 64.4 Å². The third-order valence-electron chi connectivity index (χ3n) is 1.37. The zero-order chi connectivity index (χ0) is 9.14. The molecular formula is C7H7BrFN3. The molecule has 1 aromatic carbocycles. The normalized spacial score (nSPS) is 11.7. The Morgan fingerprint density at radius 3 is 2.75 bits per heavy atom. The lowest BCUT2D eigenvalue weighted by atomic mass is 10.2. The summed E-state index contributed by atoms with van der Waals surface area (Å²) in [5.41, 5.74) is 5.85. The van der Waals surface area contributed by atoms with Crippen LogP contribution in [0.1, 0.15) is 5.56 Å². The van der Waals surface area contributed by atoms with Crippen molar-refractivity contribution in [2.45, 2.75) is 0 Å². The molecule has 0 bridgehead atoms. The van der Waals surface area contributed by atoms with Crippen LogP contribution >= 0.6 is 15.9 Å². The maximum atomic E-state index is 12.9. The van der Waals surface area contributed by atoms with Gasteiger partial charge < -0.3 is 11.6 Å². The van der Waals surface area contributed by atoms with Gasteiger partial charge >= 0.3 is 0 Å². The number of hydrogen-bond donors (Lipinski definition) is 2. The SMILES string of the molecule is N/N=C(/N)c1cccc(F)c1Br. The predicted molar refractivity (Wildman–Crippen MR) is 49.0 cm³/mol. The number of nitrogens with zero attached hydrogens (tertiary/aromatic N) is 1. The van der Waals surface area contributed by atoms with Crippen LogP contribution in [0, 0.1) is 5.82 Å². The van der Waals surface area contributed by atoms with Crippen molar-refractivity contribution in [2.24, 2.45) is 16.7 Å². The monoisotopic (exact) mass is 231 g/mol. The first kappa shape index (κ1) is 8.99. The van der Waals surface area contributed by atoms with E-state index in [1.54, 1.807) is 6.07 Å². The highest BCUT2D eigenvalue weighted by Crippen LogP contribution is 2.19. The Morgan fingerprint density at radius 2 is 2.17 bits per heavy atom. The summed E-state index contributed by atoms with van der Waals surface area (Å²) in [6.07, 6.45) is 0. The lowest BCUT2D eigenvalue weighted by Gasteiger charge is -2.02. The van der Waals surface area contributed by atoms with Crippen LogP contribution in [0.5, 0.6) is 0 Å². The lowest BCUT2D eigenvalue weighted by molar-refractivity contribution is 0.620. The summed E-state index contributed by atoms with van der Waals surface area (Å²) in [5, 5.41) is 3.26. The van der Waals surface area contributed by atoms with Gasteiger partial charge in [0.15, 0.2) is 5.84 Å². The van der Waals surface area contributed by atoms with Crippen molar-refractivity contribution in [3.63, 3.8) is 0 Å². The Kier molecular flexibility index (Phi) is 2.65. The second-order valence-electron chi connectivity index (χ2n) is 2.12. The zero-order valence-electron chi connectivity index (χ0n) is 6.09. The molecule has 5 heteroatoms. The Morgan fingerprint density at radius 1 is 1.50 bits per heavy atom. The Labute approximate surface area is 77.4 Å². The van der Waals surface area contributed by atoms with Crippen molar-refractivity contribution in [2.75, 3.05) is 0 Å². The number of benzene rings is 1. The minimum atomic E-state index is -0.390. The maximum absolute atomic E-state index is 12.9. The highest BCUT2D eigenvalue weighted by molar-refractivity contribution is 9.10. The average molecular weight is 232 g/mol. The van der Waals surface area contributed by atoms with E-state index in [4.69, 9.17) is 11.6 Å². The molecule has 64 valence electrons. The summed E-state index contributed by atoms with van der Waals surface area (Å²) >= 11 is 3.03. The van der Waals surface area contributed by atoms with Crippen LogP contribution in [0.4, 0.5) is 4.39 Å². The molecule has 0 radical (unpaired) electrons. The summed E-state index contributed by atoms with van der Waals surface area (Å²) in [4.78, 5) is 0. The third-order valence-corrected chi connectivity index (χ3v) is 2.17. The second kappa shape index (κ2) is 3.53. The Hall–Kier alpha value is -1.10. The smallest absolute Gasteiger partial charge is 0.151 e. The molecule has 0 aliphatic rings. The van der Waals surface area contributed by atoms with Gasteiger partial charge in [0.1, 0.15) is 5.82 Å². The van der Waals surface area contributed by atoms with Crippen molar-refractivity contribution < 1.29 is 4.39 Å². The summed E-state index contributed by atoms with van der Waals surface area (Å²) < 4.78 is 13.2. The van der Waals surface area contributed by atoms with Crippen LogP contribution in [0.2, 0.25) is 0 Å². The van der Waals surface area contributed by atoms with Crippen LogP contribution in [0.25, 0.3) is 0 Å². The first-order valence-electron chi connectivity index (χ1n) is 3.14. The van der Waals surface area contributed by atoms with Crippen LogP contribution in [-0.2, 0) is 0 Å². The van der Waals surface area contributed by atoms with Gasteiger partial charge in [0.25, 0.3) is 0 Å². The molecular weight excluding hydrogens is 225 g/mol. The van der Waals surface area contributed by atoms with Gasteiger partial charge in [-0.15, -0.1) is 0 Å². The van der Waals surface area contributed by atoms with E-state index in [2.05, 4.69) is 21.0 Å². The highest BCUT2D eigenvalue weighted by Gasteiger charge is 2.07. The van der Waals surface area contributed by atoms with Crippen molar-refractivity contribution in [1.82, 2.24) is 0 Å². The van der Waals surface area contributed by atoms with Gasteiger partial charge in [0.2, 0.25) is 0 Å². The zero-order valence-corrected chi connectivity index (χ0v) is 7.68. The molecule has 0 aliphatic heterocycles. The summed E-state index contributed by atoms with van der Waals surface area (Å²) in [7, 11) is 0. The lowest BCUT2D eigenvalue weighted by Crippen LogP contribution is -2.16. The molecule has 0 atom stereocenters. The molecule has 0 saturated heterocycles. The van der Waals surface area contributed by atoms with E-state index in [0.29, 0.717) is 5.56 Å². The highest BCUT2D eigenvalue weighted by atomic mass is 79.9. The van der Waals surface area contributed by atoms with E-state index in [9.17, 15) is 4.39 Å². The first-order chi connectivity index (χ1) is 5.66. The predicted octanol–water partition coefficient (Wildman–Crippen LogP) is 1.17. The average Bonchev–Trinajstić information content (AvgIpc) is 2.08. The number of rotatable bonds is 1. The summed E-state index contributed by atoms with van der Waals surface area (Å²) in [6.45, 7) is 0. The molecule has 0 saturated carbocycles. The van der Waals surface area contributed by atoms with Gasteiger partial charge in [-0.05, 0) is 28.1 Å². The molecule has 1 aromatic rings. The van der Waals surface area contributed by atoms with E-state index in [0.717, 1.165) is 0 Å². The van der Waals surface area contributed by atoms with E-state index in [-0.39, 0.29) is 16.1 Å². The fourth-order valence-corrected chi connectivity index (χ4v) is 1.24. The van der Waals surface area contributed by atoms with Crippen molar-refractivity contribution in [3.05, 3.63) is 34.1 Å². The number of hydrogen-bond acceptors (Lipinski definition) is 2.